The number of halogens is 1. The number of ether oxygens (including phenoxy) is 5. The second kappa shape index (κ2) is 6.40. The molecule has 3 aliphatic rings. The van der Waals surface area contributed by atoms with Crippen molar-refractivity contribution in [3.8, 4) is 0 Å². The first kappa shape index (κ1) is 19.1. The van der Waals surface area contributed by atoms with Crippen molar-refractivity contribution < 1.29 is 28.5 Å². The van der Waals surface area contributed by atoms with Gasteiger partial charge in [-0.1, -0.05) is 17.7 Å². The maximum atomic E-state index is 13.0. The van der Waals surface area contributed by atoms with Crippen molar-refractivity contribution in [2.45, 2.75) is 76.9 Å². The minimum Gasteiger partial charge on any atom is -0.342 e. The number of anilines is 1. The molecule has 3 saturated heterocycles. The van der Waals surface area contributed by atoms with Crippen LogP contribution in [0.3, 0.4) is 0 Å². The quantitative estimate of drug-likeness (QED) is 0.826. The van der Waals surface area contributed by atoms with Crippen molar-refractivity contribution in [3.05, 3.63) is 28.8 Å². The largest absolute Gasteiger partial charge is 0.342 e. The zero-order valence-electron chi connectivity index (χ0n) is 15.9. The van der Waals surface area contributed by atoms with E-state index in [4.69, 9.17) is 35.3 Å². The van der Waals surface area contributed by atoms with Crippen molar-refractivity contribution in [1.82, 2.24) is 0 Å². The topological polar surface area (TPSA) is 75.3 Å². The number of amides is 1. The number of rotatable bonds is 2. The molecule has 7 nitrogen and oxygen atoms in total. The molecule has 3 aliphatic heterocycles. The van der Waals surface area contributed by atoms with Crippen LogP contribution in [0.2, 0.25) is 5.02 Å². The van der Waals surface area contributed by atoms with Gasteiger partial charge in [-0.15, -0.1) is 0 Å². The first-order valence-electron chi connectivity index (χ1n) is 8.98. The summed E-state index contributed by atoms with van der Waals surface area (Å²) in [6, 6.07) is 5.33. The summed E-state index contributed by atoms with van der Waals surface area (Å²) in [6.45, 7) is 9.10. The summed E-state index contributed by atoms with van der Waals surface area (Å²) >= 11 is 6.15. The Hall–Kier alpha value is -1.22. The van der Waals surface area contributed by atoms with Crippen molar-refractivity contribution in [2.24, 2.45) is 0 Å². The molecule has 0 unspecified atom stereocenters. The number of nitrogens with one attached hydrogen (secondary N) is 1. The Morgan fingerprint density at radius 2 is 1.63 bits per heavy atom. The van der Waals surface area contributed by atoms with Crippen LogP contribution in [0.5, 0.6) is 0 Å². The molecule has 1 N–H and O–H groups in total. The Morgan fingerprint density at radius 3 is 2.33 bits per heavy atom. The van der Waals surface area contributed by atoms with E-state index in [-0.39, 0.29) is 5.91 Å². The third-order valence-electron chi connectivity index (χ3n) is 4.85. The summed E-state index contributed by atoms with van der Waals surface area (Å²) in [4.78, 5) is 13.0. The summed E-state index contributed by atoms with van der Waals surface area (Å²) < 4.78 is 29.7. The molecule has 0 aromatic heterocycles. The molecule has 4 rings (SSSR count). The van der Waals surface area contributed by atoms with Gasteiger partial charge in [-0.25, -0.2) is 0 Å². The average Bonchev–Trinajstić information content (AvgIpc) is 3.04. The van der Waals surface area contributed by atoms with Crippen LogP contribution in [0.1, 0.15) is 33.3 Å². The number of hydrogen-bond acceptors (Lipinski definition) is 6. The fourth-order valence-electron chi connectivity index (χ4n) is 3.71. The molecule has 1 amide bonds. The maximum Gasteiger partial charge on any atom is 0.256 e. The molecular formula is C19H24ClNO6. The van der Waals surface area contributed by atoms with Crippen LogP contribution < -0.4 is 5.32 Å². The Kier molecular flexibility index (Phi) is 4.53. The van der Waals surface area contributed by atoms with Gasteiger partial charge in [-0.3, -0.25) is 4.79 Å². The minimum atomic E-state index is -0.907. The minimum absolute atomic E-state index is 0.349. The SMILES string of the molecule is Cc1ccc(NC(=O)[C@@H]2O[C@@H]3OC(C)(C)O[C@@H]3[C@H]3OC(C)(C)O[C@@H]32)cc1Cl. The van der Waals surface area contributed by atoms with Crippen molar-refractivity contribution in [2.75, 3.05) is 5.32 Å². The van der Waals surface area contributed by atoms with Gasteiger partial charge in [0.1, 0.15) is 18.3 Å². The first-order chi connectivity index (χ1) is 12.5. The number of fused-ring (bicyclic) bond motifs is 3. The standard InChI is InChI=1S/C19H24ClNO6/c1-9-6-7-10(8-11(9)20)21-16(22)14-12-13(25-18(2,3)24-12)15-17(23-14)27-19(4,5)26-15/h6-8,12-15,17H,1-5H3,(H,21,22)/t12-,13-,14+,15+,17+/m0/s1. The molecule has 3 heterocycles. The van der Waals surface area contributed by atoms with Gasteiger partial charge in [0.05, 0.1) is 0 Å². The van der Waals surface area contributed by atoms with Crippen LogP contribution in [0.25, 0.3) is 0 Å². The molecule has 0 aliphatic carbocycles. The highest BCUT2D eigenvalue weighted by molar-refractivity contribution is 6.31. The number of hydrogen-bond donors (Lipinski definition) is 1. The Morgan fingerprint density at radius 1 is 1.00 bits per heavy atom. The second-order valence-corrected chi connectivity index (χ2v) is 8.45. The monoisotopic (exact) mass is 397 g/mol. The van der Waals surface area contributed by atoms with Crippen LogP contribution >= 0.6 is 11.6 Å². The van der Waals surface area contributed by atoms with E-state index < -0.39 is 42.3 Å². The summed E-state index contributed by atoms with van der Waals surface area (Å²) in [5.41, 5.74) is 1.51. The van der Waals surface area contributed by atoms with Crippen LogP contribution in [0.15, 0.2) is 18.2 Å². The van der Waals surface area contributed by atoms with Crippen molar-refractivity contribution in [1.29, 1.82) is 0 Å². The molecule has 0 bridgehead atoms. The van der Waals surface area contributed by atoms with Gasteiger partial charge in [-0.2, -0.15) is 0 Å². The predicted octanol–water partition coefficient (Wildman–Crippen LogP) is 2.98. The molecule has 0 saturated carbocycles. The lowest BCUT2D eigenvalue weighted by atomic mass is 9.98. The van der Waals surface area contributed by atoms with Crippen molar-refractivity contribution in [3.63, 3.8) is 0 Å². The van der Waals surface area contributed by atoms with Crippen LogP contribution in [-0.2, 0) is 28.5 Å². The highest BCUT2D eigenvalue weighted by atomic mass is 35.5. The zero-order valence-corrected chi connectivity index (χ0v) is 16.7. The molecule has 1 aromatic carbocycles. The third-order valence-corrected chi connectivity index (χ3v) is 5.26. The molecule has 0 radical (unpaired) electrons. The summed E-state index contributed by atoms with van der Waals surface area (Å²) in [5, 5.41) is 3.42. The third kappa shape index (κ3) is 3.60. The first-order valence-corrected chi connectivity index (χ1v) is 9.36. The lowest BCUT2D eigenvalue weighted by Gasteiger charge is -2.36. The fraction of sp³-hybridized carbons (Fsp3) is 0.632. The Balaban J connectivity index is 1.57. The van der Waals surface area contributed by atoms with E-state index in [1.165, 1.54) is 0 Å². The molecule has 8 heteroatoms. The fourth-order valence-corrected chi connectivity index (χ4v) is 3.89. The van der Waals surface area contributed by atoms with Gasteiger partial charge < -0.3 is 29.0 Å². The summed E-state index contributed by atoms with van der Waals surface area (Å²) in [7, 11) is 0. The molecule has 148 valence electrons. The number of aryl methyl sites for hydroxylation is 1. The summed E-state index contributed by atoms with van der Waals surface area (Å²) in [6.07, 6.45) is -3.17. The van der Waals surface area contributed by atoms with Gasteiger partial charge in [0.2, 0.25) is 0 Å². The normalized spacial score (nSPS) is 36.1. The van der Waals surface area contributed by atoms with Gasteiger partial charge in [0.25, 0.3) is 5.91 Å². The second-order valence-electron chi connectivity index (χ2n) is 8.04. The van der Waals surface area contributed by atoms with E-state index in [2.05, 4.69) is 5.32 Å². The van der Waals surface area contributed by atoms with E-state index in [1.807, 2.05) is 13.0 Å². The van der Waals surface area contributed by atoms with Crippen LogP contribution in [0.4, 0.5) is 5.69 Å². The van der Waals surface area contributed by atoms with E-state index >= 15 is 0 Å². The van der Waals surface area contributed by atoms with Gasteiger partial charge >= 0.3 is 0 Å². The molecular weight excluding hydrogens is 374 g/mol. The predicted molar refractivity (Wildman–Crippen MR) is 97.3 cm³/mol. The molecule has 3 fully saturated rings. The number of benzene rings is 1. The average molecular weight is 398 g/mol. The van der Waals surface area contributed by atoms with Crippen LogP contribution in [0, 0.1) is 6.92 Å². The summed E-state index contributed by atoms with van der Waals surface area (Å²) in [5.74, 6) is -2.03. The maximum absolute atomic E-state index is 13.0. The molecule has 5 atom stereocenters. The number of carbonyl (C=O) groups is 1. The van der Waals surface area contributed by atoms with E-state index in [1.54, 1.807) is 39.8 Å². The molecule has 1 aromatic rings. The zero-order chi connectivity index (χ0) is 19.6. The number of carbonyl (C=O) groups excluding carboxylic acids is 1. The molecule has 0 spiro atoms. The van der Waals surface area contributed by atoms with E-state index in [0.29, 0.717) is 10.7 Å². The molecule has 27 heavy (non-hydrogen) atoms. The van der Waals surface area contributed by atoms with Gasteiger partial charge in [0, 0.05) is 10.7 Å². The lowest BCUT2D eigenvalue weighted by molar-refractivity contribution is -0.229. The highest BCUT2D eigenvalue weighted by Gasteiger charge is 2.62. The van der Waals surface area contributed by atoms with Gasteiger partial charge in [-0.05, 0) is 52.3 Å². The smallest absolute Gasteiger partial charge is 0.256 e. The lowest BCUT2D eigenvalue weighted by Crippen LogP contribution is -2.58. The highest BCUT2D eigenvalue weighted by Crippen LogP contribution is 2.44. The Labute approximate surface area is 163 Å². The van der Waals surface area contributed by atoms with E-state index in [9.17, 15) is 4.79 Å². The van der Waals surface area contributed by atoms with Crippen molar-refractivity contribution >= 4 is 23.2 Å². The van der Waals surface area contributed by atoms with E-state index in [0.717, 1.165) is 5.56 Å². The van der Waals surface area contributed by atoms with Gasteiger partial charge in [0.15, 0.2) is 24.0 Å². The Bertz CT molecular complexity index is 767. The van der Waals surface area contributed by atoms with Crippen LogP contribution in [-0.4, -0.2) is 48.2 Å².